The molecule has 0 atom stereocenters. The number of halogens is 3. The van der Waals surface area contributed by atoms with Crippen LogP contribution in [0.25, 0.3) is 21.8 Å². The number of nitriles is 1. The Morgan fingerprint density at radius 3 is 1.64 bits per heavy atom. The summed E-state index contributed by atoms with van der Waals surface area (Å²) in [5, 5.41) is 41.6. The van der Waals surface area contributed by atoms with E-state index < -0.39 is 17.2 Å². The van der Waals surface area contributed by atoms with Crippen LogP contribution in [-0.2, 0) is 33.8 Å². The Balaban J connectivity index is 0.000000211. The Morgan fingerprint density at radius 2 is 1.20 bits per heavy atom. The van der Waals surface area contributed by atoms with Gasteiger partial charge in [-0.05, 0) is 112 Å². The highest BCUT2D eigenvalue weighted by molar-refractivity contribution is 14.1. The lowest BCUT2D eigenvalue weighted by Crippen LogP contribution is -2.17. The number of aliphatic hydroxyl groups is 2. The molecule has 2 aromatic carbocycles. The molecule has 0 aliphatic heterocycles. The predicted molar refractivity (Wildman–Crippen MR) is 216 cm³/mol. The van der Waals surface area contributed by atoms with Crippen LogP contribution in [0.2, 0.25) is 10.0 Å². The lowest BCUT2D eigenvalue weighted by atomic mass is 9.93. The summed E-state index contributed by atoms with van der Waals surface area (Å²) in [6.07, 6.45) is 6.27. The number of rotatable bonds is 10. The second-order valence-corrected chi connectivity index (χ2v) is 15.4. The Kier molecular flexibility index (Phi) is 12.8. The van der Waals surface area contributed by atoms with Crippen molar-refractivity contribution in [1.82, 2.24) is 29.5 Å². The van der Waals surface area contributed by atoms with E-state index in [2.05, 4.69) is 20.2 Å². The van der Waals surface area contributed by atoms with Gasteiger partial charge in [0.15, 0.2) is 5.69 Å². The maximum atomic E-state index is 12.0. The number of nitrogens with zero attached hydrogens (tertiary/aromatic N) is 7. The smallest absolute Gasteiger partial charge is 0.342 e. The van der Waals surface area contributed by atoms with Crippen molar-refractivity contribution < 1.29 is 29.3 Å². The molecule has 6 aromatic rings. The number of carbonyl (C=O) groups excluding carboxylic acids is 2. The number of benzene rings is 2. The van der Waals surface area contributed by atoms with Crippen LogP contribution in [0.1, 0.15) is 90.2 Å². The van der Waals surface area contributed by atoms with Crippen LogP contribution in [0.5, 0.6) is 0 Å². The minimum absolute atomic E-state index is 0.00617. The molecule has 0 unspecified atom stereocenters. The van der Waals surface area contributed by atoms with Gasteiger partial charge < -0.3 is 19.7 Å². The van der Waals surface area contributed by atoms with Gasteiger partial charge in [0.05, 0.1) is 58.6 Å². The molecule has 16 heteroatoms. The van der Waals surface area contributed by atoms with Gasteiger partial charge in [-0.15, -0.1) is 0 Å². The first kappa shape index (κ1) is 41.5. The molecule has 0 amide bonds. The van der Waals surface area contributed by atoms with Crippen LogP contribution < -0.4 is 0 Å². The maximum absolute atomic E-state index is 12.0. The largest absolute Gasteiger partial charge is 0.462 e. The summed E-state index contributed by atoms with van der Waals surface area (Å²) < 4.78 is 13.8. The molecule has 286 valence electrons. The molecule has 6 rings (SSSR count). The van der Waals surface area contributed by atoms with Crippen LogP contribution in [0.15, 0.2) is 61.2 Å². The highest BCUT2D eigenvalue weighted by atomic mass is 127. The van der Waals surface area contributed by atoms with Crippen molar-refractivity contribution in [3.8, 4) is 6.07 Å². The molecule has 55 heavy (non-hydrogen) atoms. The third-order valence-electron chi connectivity index (χ3n) is 8.20. The summed E-state index contributed by atoms with van der Waals surface area (Å²) in [6, 6.07) is 13.1. The second kappa shape index (κ2) is 17.0. The zero-order valence-electron chi connectivity index (χ0n) is 30.9. The summed E-state index contributed by atoms with van der Waals surface area (Å²) >= 11 is 14.2. The van der Waals surface area contributed by atoms with Gasteiger partial charge >= 0.3 is 11.9 Å². The molecule has 2 N–H and O–H groups in total. The van der Waals surface area contributed by atoms with Gasteiger partial charge in [0.1, 0.15) is 20.9 Å². The topological polar surface area (TPSA) is 178 Å². The fourth-order valence-electron chi connectivity index (χ4n) is 5.83. The number of fused-ring (bicyclic) bond motifs is 2. The van der Waals surface area contributed by atoms with Crippen molar-refractivity contribution in [3.05, 3.63) is 114 Å². The van der Waals surface area contributed by atoms with Gasteiger partial charge in [-0.3, -0.25) is 19.3 Å². The van der Waals surface area contributed by atoms with Crippen molar-refractivity contribution in [3.63, 3.8) is 0 Å². The van der Waals surface area contributed by atoms with Crippen molar-refractivity contribution in [1.29, 1.82) is 5.26 Å². The van der Waals surface area contributed by atoms with Gasteiger partial charge in [0.25, 0.3) is 0 Å². The Morgan fingerprint density at radius 1 is 0.764 bits per heavy atom. The molecule has 0 radical (unpaired) electrons. The first-order valence-corrected chi connectivity index (χ1v) is 18.9. The molecule has 0 fully saturated rings. The van der Waals surface area contributed by atoms with E-state index in [1.54, 1.807) is 64.7 Å². The molecule has 4 heterocycles. The second-order valence-electron chi connectivity index (χ2n) is 13.5. The third kappa shape index (κ3) is 9.96. The number of hydrogen-bond acceptors (Lipinski definition) is 11. The fraction of sp³-hybridized carbons (Fsp3) is 0.308. The van der Waals surface area contributed by atoms with Crippen LogP contribution >= 0.6 is 45.8 Å². The van der Waals surface area contributed by atoms with E-state index in [1.165, 1.54) is 17.1 Å². The minimum atomic E-state index is -1.12. The van der Waals surface area contributed by atoms with Gasteiger partial charge in [-0.1, -0.05) is 23.2 Å². The number of aromatic nitrogens is 6. The molecule has 0 bridgehead atoms. The van der Waals surface area contributed by atoms with Crippen LogP contribution in [0.3, 0.4) is 0 Å². The molecule has 4 aromatic heterocycles. The first-order valence-electron chi connectivity index (χ1n) is 17.1. The molecule has 13 nitrogen and oxygen atoms in total. The summed E-state index contributed by atoms with van der Waals surface area (Å²) in [5.41, 5.74) is 2.83. The minimum Gasteiger partial charge on any atom is -0.462 e. The lowest BCUT2D eigenvalue weighted by Gasteiger charge is -2.21. The van der Waals surface area contributed by atoms with E-state index in [0.29, 0.717) is 61.2 Å². The molecule has 0 saturated carbocycles. The van der Waals surface area contributed by atoms with Crippen LogP contribution in [0, 0.1) is 15.0 Å². The van der Waals surface area contributed by atoms with Crippen LogP contribution in [-0.4, -0.2) is 64.9 Å². The maximum Gasteiger partial charge on any atom is 0.342 e. The summed E-state index contributed by atoms with van der Waals surface area (Å²) in [7, 11) is 0. The SMILES string of the molecule is CCOC(=O)c1cn(Cc2cc(C(C)(C)O)c3ncc(Cl)cc3c2)nc1C#N.CCOC(=O)c1cn(Cc2cc(C(C)(C)O)c3ncc(Cl)cc3c2)nc1I. The number of hydrogen-bond donors (Lipinski definition) is 2. The zero-order valence-corrected chi connectivity index (χ0v) is 34.6. The van der Waals surface area contributed by atoms with Crippen LogP contribution in [0.4, 0.5) is 0 Å². The number of carbonyl (C=O) groups is 2. The quantitative estimate of drug-likeness (QED) is 0.103. The van der Waals surface area contributed by atoms with E-state index in [0.717, 1.165) is 21.9 Å². The summed E-state index contributed by atoms with van der Waals surface area (Å²) in [4.78, 5) is 32.7. The first-order chi connectivity index (χ1) is 25.9. The highest BCUT2D eigenvalue weighted by Gasteiger charge is 2.24. The molecule has 0 saturated heterocycles. The number of ether oxygens (including phenoxy) is 2. The van der Waals surface area contributed by atoms with Crippen molar-refractivity contribution in [2.75, 3.05) is 13.2 Å². The van der Waals surface area contributed by atoms with E-state index >= 15 is 0 Å². The molecule has 0 aliphatic rings. The number of esters is 2. The molecule has 0 spiro atoms. The Bertz CT molecular complexity index is 2440. The van der Waals surface area contributed by atoms with E-state index in [1.807, 2.05) is 59.0 Å². The van der Waals surface area contributed by atoms with Gasteiger partial charge in [-0.25, -0.2) is 9.59 Å². The standard InChI is InChI=1S/C20H19ClN4O3.C19H19ClIN3O3/c1-4-28-19(26)15-11-25(24-17(15)8-22)10-12-5-13-7-14(21)9-23-18(13)16(6-12)20(2,3)27;1-4-27-18(25)14-10-24(23-17(14)21)9-11-5-12-7-13(20)8-22-16(12)15(6-11)19(2,3)26/h5-7,9,11,27H,4,10H2,1-3H3;5-8,10,26H,4,9H2,1-3H3. The van der Waals surface area contributed by atoms with Crippen molar-refractivity contribution in [2.24, 2.45) is 0 Å². The Labute approximate surface area is 340 Å². The lowest BCUT2D eigenvalue weighted by molar-refractivity contribution is 0.0516. The van der Waals surface area contributed by atoms with Gasteiger partial charge in [0.2, 0.25) is 0 Å². The van der Waals surface area contributed by atoms with E-state index in [9.17, 15) is 25.1 Å². The average Bonchev–Trinajstić information content (AvgIpc) is 3.69. The highest BCUT2D eigenvalue weighted by Crippen LogP contribution is 2.32. The Hall–Kier alpha value is -4.66. The molecule has 0 aliphatic carbocycles. The average molecular weight is 899 g/mol. The van der Waals surface area contributed by atoms with E-state index in [4.69, 9.17) is 32.7 Å². The monoisotopic (exact) mass is 897 g/mol. The van der Waals surface area contributed by atoms with Crippen molar-refractivity contribution in [2.45, 2.75) is 65.8 Å². The van der Waals surface area contributed by atoms with E-state index in [-0.39, 0.29) is 23.8 Å². The normalized spacial score (nSPS) is 11.6. The van der Waals surface area contributed by atoms with Gasteiger partial charge in [-0.2, -0.15) is 15.5 Å². The number of pyridine rings is 2. The zero-order chi connectivity index (χ0) is 40.2. The summed E-state index contributed by atoms with van der Waals surface area (Å²) in [6.45, 7) is 11.5. The fourth-order valence-corrected chi connectivity index (χ4v) is 6.80. The predicted octanol–water partition coefficient (Wildman–Crippen LogP) is 7.55. The third-order valence-corrected chi connectivity index (χ3v) is 9.41. The summed E-state index contributed by atoms with van der Waals surface area (Å²) in [5.74, 6) is -0.975. The van der Waals surface area contributed by atoms with Crippen molar-refractivity contribution >= 4 is 79.5 Å². The van der Waals surface area contributed by atoms with Gasteiger partial charge in [0, 0.05) is 46.7 Å². The molecular weight excluding hydrogens is 860 g/mol. The molecular formula is C39H38Cl2IN7O6.